The van der Waals surface area contributed by atoms with E-state index in [1.165, 1.54) is 0 Å². The lowest BCUT2D eigenvalue weighted by molar-refractivity contribution is 0.192. The van der Waals surface area contributed by atoms with Crippen LogP contribution in [0, 0.1) is 18.8 Å². The van der Waals surface area contributed by atoms with Gasteiger partial charge in [0.2, 0.25) is 5.88 Å². The molecule has 92 valence electrons. The van der Waals surface area contributed by atoms with Gasteiger partial charge >= 0.3 is 0 Å². The predicted octanol–water partition coefficient (Wildman–Crippen LogP) is 3.53. The maximum atomic E-state index is 5.76. The highest BCUT2D eigenvalue weighted by Crippen LogP contribution is 2.25. The Morgan fingerprint density at radius 1 is 1.35 bits per heavy atom. The number of hydrogen-bond acceptors (Lipinski definition) is 3. The summed E-state index contributed by atoms with van der Waals surface area (Å²) in [6.45, 7) is 4.87. The van der Waals surface area contributed by atoms with Crippen LogP contribution in [-0.2, 0) is 0 Å². The molecule has 3 nitrogen and oxygen atoms in total. The van der Waals surface area contributed by atoms with E-state index in [9.17, 15) is 0 Å². The van der Waals surface area contributed by atoms with E-state index in [2.05, 4.69) is 45.0 Å². The minimum Gasteiger partial charge on any atom is -0.477 e. The van der Waals surface area contributed by atoms with Gasteiger partial charge in [0.25, 0.3) is 0 Å². The second-order valence-electron chi connectivity index (χ2n) is 4.57. The monoisotopic (exact) mass is 296 g/mol. The van der Waals surface area contributed by atoms with E-state index in [1.807, 2.05) is 13.0 Å². The van der Waals surface area contributed by atoms with Crippen LogP contribution < -0.4 is 4.74 Å². The van der Waals surface area contributed by atoms with Gasteiger partial charge in [-0.3, -0.25) is 0 Å². The maximum Gasteiger partial charge on any atom is 0.217 e. The SMILES string of the molecule is Cc1nc(Br)cc(OCC2CC=CCC2C)n1. The lowest BCUT2D eigenvalue weighted by atomic mass is 9.85. The van der Waals surface area contributed by atoms with Crippen molar-refractivity contribution in [2.24, 2.45) is 11.8 Å². The van der Waals surface area contributed by atoms with Gasteiger partial charge in [0.1, 0.15) is 10.4 Å². The minimum atomic E-state index is 0.592. The van der Waals surface area contributed by atoms with E-state index < -0.39 is 0 Å². The van der Waals surface area contributed by atoms with Crippen molar-refractivity contribution in [2.75, 3.05) is 6.61 Å². The molecule has 2 rings (SSSR count). The second-order valence-corrected chi connectivity index (χ2v) is 5.38. The summed E-state index contributed by atoms with van der Waals surface area (Å²) in [5, 5.41) is 0. The number of allylic oxidation sites excluding steroid dienone is 2. The molecule has 0 aliphatic heterocycles. The number of halogens is 1. The van der Waals surface area contributed by atoms with E-state index in [4.69, 9.17) is 4.74 Å². The fourth-order valence-electron chi connectivity index (χ4n) is 2.01. The average Bonchev–Trinajstić information content (AvgIpc) is 2.27. The van der Waals surface area contributed by atoms with E-state index in [0.29, 0.717) is 17.7 Å². The molecule has 0 N–H and O–H groups in total. The molecule has 1 aromatic rings. The number of hydrogen-bond donors (Lipinski definition) is 0. The van der Waals surface area contributed by atoms with Crippen LogP contribution in [0.15, 0.2) is 22.8 Å². The van der Waals surface area contributed by atoms with E-state index in [-0.39, 0.29) is 0 Å². The van der Waals surface area contributed by atoms with Crippen molar-refractivity contribution in [3.05, 3.63) is 28.6 Å². The topological polar surface area (TPSA) is 35.0 Å². The van der Waals surface area contributed by atoms with Gasteiger partial charge < -0.3 is 4.74 Å². The highest BCUT2D eigenvalue weighted by Gasteiger charge is 2.19. The van der Waals surface area contributed by atoms with Gasteiger partial charge in [-0.05, 0) is 47.5 Å². The van der Waals surface area contributed by atoms with Crippen molar-refractivity contribution in [3.8, 4) is 5.88 Å². The Balaban J connectivity index is 1.95. The van der Waals surface area contributed by atoms with Gasteiger partial charge in [0.05, 0.1) is 6.61 Å². The Bertz CT molecular complexity index is 400. The van der Waals surface area contributed by atoms with Gasteiger partial charge in [0.15, 0.2) is 0 Å². The van der Waals surface area contributed by atoms with E-state index in [0.717, 1.165) is 29.9 Å². The molecule has 0 aromatic carbocycles. The lowest BCUT2D eigenvalue weighted by Gasteiger charge is -2.24. The summed E-state index contributed by atoms with van der Waals surface area (Å²) in [5.74, 6) is 2.66. The molecule has 0 bridgehead atoms. The number of ether oxygens (including phenoxy) is 1. The van der Waals surface area contributed by atoms with Crippen LogP contribution >= 0.6 is 15.9 Å². The number of nitrogens with zero attached hydrogens (tertiary/aromatic N) is 2. The number of rotatable bonds is 3. The molecule has 0 saturated carbocycles. The van der Waals surface area contributed by atoms with E-state index >= 15 is 0 Å². The largest absolute Gasteiger partial charge is 0.477 e. The zero-order chi connectivity index (χ0) is 12.3. The smallest absolute Gasteiger partial charge is 0.217 e. The Hall–Kier alpha value is -0.900. The predicted molar refractivity (Wildman–Crippen MR) is 71.0 cm³/mol. The van der Waals surface area contributed by atoms with Crippen molar-refractivity contribution in [3.63, 3.8) is 0 Å². The van der Waals surface area contributed by atoms with Crippen LogP contribution in [0.25, 0.3) is 0 Å². The molecule has 0 radical (unpaired) electrons. The fourth-order valence-corrected chi connectivity index (χ4v) is 2.46. The number of aromatic nitrogens is 2. The first-order valence-electron chi connectivity index (χ1n) is 5.94. The quantitative estimate of drug-likeness (QED) is 0.632. The summed E-state index contributed by atoms with van der Waals surface area (Å²) in [7, 11) is 0. The van der Waals surface area contributed by atoms with Crippen LogP contribution in [-0.4, -0.2) is 16.6 Å². The van der Waals surface area contributed by atoms with Gasteiger partial charge in [0, 0.05) is 6.07 Å². The lowest BCUT2D eigenvalue weighted by Crippen LogP contribution is -2.21. The van der Waals surface area contributed by atoms with Crippen molar-refractivity contribution in [2.45, 2.75) is 26.7 Å². The summed E-state index contributed by atoms with van der Waals surface area (Å²) >= 11 is 3.35. The van der Waals surface area contributed by atoms with Gasteiger partial charge in [-0.15, -0.1) is 0 Å². The third-order valence-corrected chi connectivity index (χ3v) is 3.55. The Kier molecular flexibility index (Phi) is 4.15. The zero-order valence-electron chi connectivity index (χ0n) is 10.2. The molecule has 0 amide bonds. The van der Waals surface area contributed by atoms with E-state index in [1.54, 1.807) is 0 Å². The van der Waals surface area contributed by atoms with Crippen LogP contribution in [0.1, 0.15) is 25.6 Å². The van der Waals surface area contributed by atoms with Crippen molar-refractivity contribution in [1.82, 2.24) is 9.97 Å². The first-order chi connectivity index (χ1) is 8.15. The molecule has 1 aliphatic carbocycles. The van der Waals surface area contributed by atoms with Crippen molar-refractivity contribution >= 4 is 15.9 Å². The zero-order valence-corrected chi connectivity index (χ0v) is 11.8. The molecule has 1 heterocycles. The third kappa shape index (κ3) is 3.53. The number of aryl methyl sites for hydroxylation is 1. The van der Waals surface area contributed by atoms with Crippen LogP contribution in [0.2, 0.25) is 0 Å². The van der Waals surface area contributed by atoms with Crippen molar-refractivity contribution in [1.29, 1.82) is 0 Å². The molecule has 0 fully saturated rings. The molecular formula is C13H17BrN2O. The third-order valence-electron chi connectivity index (χ3n) is 3.15. The summed E-state index contributed by atoms with van der Waals surface area (Å²) in [6.07, 6.45) is 6.76. The molecule has 4 heteroatoms. The molecule has 0 spiro atoms. The molecule has 1 aromatic heterocycles. The van der Waals surface area contributed by atoms with Gasteiger partial charge in [-0.25, -0.2) is 4.98 Å². The van der Waals surface area contributed by atoms with Crippen LogP contribution in [0.3, 0.4) is 0 Å². The average molecular weight is 297 g/mol. The Morgan fingerprint density at radius 3 is 2.82 bits per heavy atom. The minimum absolute atomic E-state index is 0.592. The first-order valence-corrected chi connectivity index (χ1v) is 6.73. The summed E-state index contributed by atoms with van der Waals surface area (Å²) in [6, 6.07) is 1.82. The summed E-state index contributed by atoms with van der Waals surface area (Å²) in [4.78, 5) is 8.42. The molecule has 0 saturated heterocycles. The normalized spacial score (nSPS) is 23.7. The molecule has 2 atom stereocenters. The highest BCUT2D eigenvalue weighted by molar-refractivity contribution is 9.10. The Morgan fingerprint density at radius 2 is 2.12 bits per heavy atom. The molecular weight excluding hydrogens is 280 g/mol. The van der Waals surface area contributed by atoms with Gasteiger partial charge in [-0.2, -0.15) is 4.98 Å². The summed E-state index contributed by atoms with van der Waals surface area (Å²) in [5.41, 5.74) is 0. The maximum absolute atomic E-state index is 5.76. The fraction of sp³-hybridized carbons (Fsp3) is 0.538. The highest BCUT2D eigenvalue weighted by atomic mass is 79.9. The molecule has 1 aliphatic rings. The Labute approximate surface area is 110 Å². The summed E-state index contributed by atoms with van der Waals surface area (Å²) < 4.78 is 6.54. The molecule has 2 unspecified atom stereocenters. The van der Waals surface area contributed by atoms with Crippen LogP contribution in [0.5, 0.6) is 5.88 Å². The standard InChI is InChI=1S/C13H17BrN2O/c1-9-5-3-4-6-11(9)8-17-13-7-12(14)15-10(2)16-13/h3-4,7,9,11H,5-6,8H2,1-2H3. The van der Waals surface area contributed by atoms with Crippen LogP contribution in [0.4, 0.5) is 0 Å². The van der Waals surface area contributed by atoms with Gasteiger partial charge in [-0.1, -0.05) is 19.1 Å². The van der Waals surface area contributed by atoms with Crippen molar-refractivity contribution < 1.29 is 4.74 Å². The first kappa shape index (κ1) is 12.6. The second kappa shape index (κ2) is 5.63. The molecule has 17 heavy (non-hydrogen) atoms.